The molecule has 0 aliphatic heterocycles. The molecule has 1 aromatic rings. The molecular weight excluding hydrogens is 234 g/mol. The van der Waals surface area contributed by atoms with Gasteiger partial charge in [0, 0.05) is 18.6 Å². The van der Waals surface area contributed by atoms with Crippen molar-refractivity contribution in [3.05, 3.63) is 24.0 Å². The maximum absolute atomic E-state index is 4.61. The molecule has 0 spiro atoms. The molecule has 0 aliphatic carbocycles. The smallest absolute Gasteiger partial charge is 0.0572 e. The van der Waals surface area contributed by atoms with Crippen molar-refractivity contribution in [2.45, 2.75) is 59.5 Å². The van der Waals surface area contributed by atoms with E-state index in [4.69, 9.17) is 0 Å². The molecule has 1 heterocycles. The van der Waals surface area contributed by atoms with Crippen molar-refractivity contribution in [1.82, 2.24) is 10.3 Å². The van der Waals surface area contributed by atoms with Crippen LogP contribution < -0.4 is 10.2 Å². The molecule has 0 amide bonds. The number of hydrogen-bond acceptors (Lipinski definition) is 3. The molecule has 0 aliphatic rings. The van der Waals surface area contributed by atoms with Crippen LogP contribution in [0, 0.1) is 0 Å². The van der Waals surface area contributed by atoms with E-state index in [-0.39, 0.29) is 0 Å². The van der Waals surface area contributed by atoms with Gasteiger partial charge in [0.05, 0.1) is 17.6 Å². The zero-order valence-electron chi connectivity index (χ0n) is 13.1. The summed E-state index contributed by atoms with van der Waals surface area (Å²) in [6.45, 7) is 13.1. The first-order valence-electron chi connectivity index (χ1n) is 7.59. The molecule has 3 heteroatoms. The lowest BCUT2D eigenvalue weighted by Crippen LogP contribution is -2.32. The Hall–Kier alpha value is -1.09. The van der Waals surface area contributed by atoms with Gasteiger partial charge in [0.15, 0.2) is 0 Å². The van der Waals surface area contributed by atoms with Crippen molar-refractivity contribution in [2.24, 2.45) is 0 Å². The van der Waals surface area contributed by atoms with Crippen molar-refractivity contribution in [3.63, 3.8) is 0 Å². The van der Waals surface area contributed by atoms with Gasteiger partial charge in [0.1, 0.15) is 0 Å². The summed E-state index contributed by atoms with van der Waals surface area (Å²) in [4.78, 5) is 7.02. The summed E-state index contributed by atoms with van der Waals surface area (Å²) in [5.41, 5.74) is 2.35. The van der Waals surface area contributed by atoms with Crippen molar-refractivity contribution >= 4 is 5.69 Å². The fourth-order valence-electron chi connectivity index (χ4n) is 2.26. The number of rotatable bonds is 8. The summed E-state index contributed by atoms with van der Waals surface area (Å²) >= 11 is 0. The molecular formula is C16H29N3. The monoisotopic (exact) mass is 263 g/mol. The van der Waals surface area contributed by atoms with Crippen molar-refractivity contribution in [3.8, 4) is 0 Å². The summed E-state index contributed by atoms with van der Waals surface area (Å²) < 4.78 is 0. The maximum Gasteiger partial charge on any atom is 0.0572 e. The van der Waals surface area contributed by atoms with Gasteiger partial charge < -0.3 is 10.2 Å². The SMILES string of the molecule is CCCNC(C)c1ccc(N(CC)C(C)CC)cn1. The highest BCUT2D eigenvalue weighted by molar-refractivity contribution is 5.45. The molecule has 1 rings (SSSR count). The van der Waals surface area contributed by atoms with Crippen LogP contribution in [0.3, 0.4) is 0 Å². The van der Waals surface area contributed by atoms with Crippen molar-refractivity contribution in [1.29, 1.82) is 0 Å². The molecule has 19 heavy (non-hydrogen) atoms. The number of anilines is 1. The van der Waals surface area contributed by atoms with E-state index in [1.165, 1.54) is 5.69 Å². The molecule has 2 unspecified atom stereocenters. The fraction of sp³-hybridized carbons (Fsp3) is 0.688. The van der Waals surface area contributed by atoms with Gasteiger partial charge in [-0.25, -0.2) is 0 Å². The predicted octanol–water partition coefficient (Wildman–Crippen LogP) is 3.77. The Morgan fingerprint density at radius 1 is 1.21 bits per heavy atom. The molecule has 3 nitrogen and oxygen atoms in total. The Balaban J connectivity index is 2.74. The van der Waals surface area contributed by atoms with E-state index in [0.717, 1.165) is 31.6 Å². The lowest BCUT2D eigenvalue weighted by atomic mass is 10.1. The summed E-state index contributed by atoms with van der Waals surface area (Å²) in [5, 5.41) is 3.47. The van der Waals surface area contributed by atoms with E-state index in [2.05, 4.69) is 62.0 Å². The first-order valence-corrected chi connectivity index (χ1v) is 7.59. The van der Waals surface area contributed by atoms with Crippen LogP contribution in [0.5, 0.6) is 0 Å². The van der Waals surface area contributed by atoms with Crippen LogP contribution in [0.4, 0.5) is 5.69 Å². The van der Waals surface area contributed by atoms with Gasteiger partial charge in [-0.05, 0) is 52.3 Å². The second-order valence-electron chi connectivity index (χ2n) is 5.16. The molecule has 0 radical (unpaired) electrons. The van der Waals surface area contributed by atoms with E-state index >= 15 is 0 Å². The van der Waals surface area contributed by atoms with E-state index in [1.807, 2.05) is 6.20 Å². The summed E-state index contributed by atoms with van der Waals surface area (Å²) in [5.74, 6) is 0. The number of nitrogens with one attached hydrogen (secondary N) is 1. The van der Waals surface area contributed by atoms with Crippen LogP contribution in [-0.4, -0.2) is 24.1 Å². The van der Waals surface area contributed by atoms with Crippen LogP contribution in [0.2, 0.25) is 0 Å². The number of aromatic nitrogens is 1. The van der Waals surface area contributed by atoms with Crippen molar-refractivity contribution < 1.29 is 0 Å². The van der Waals surface area contributed by atoms with Gasteiger partial charge in [0.25, 0.3) is 0 Å². The molecule has 0 saturated carbocycles. The molecule has 0 aromatic carbocycles. The van der Waals surface area contributed by atoms with Gasteiger partial charge >= 0.3 is 0 Å². The maximum atomic E-state index is 4.61. The first-order chi connectivity index (χ1) is 9.13. The molecule has 0 fully saturated rings. The summed E-state index contributed by atoms with van der Waals surface area (Å²) in [6.07, 6.45) is 4.32. The Bertz CT molecular complexity index is 348. The Labute approximate surface area is 118 Å². The van der Waals surface area contributed by atoms with Crippen LogP contribution in [-0.2, 0) is 0 Å². The average molecular weight is 263 g/mol. The molecule has 108 valence electrons. The molecule has 0 bridgehead atoms. The molecule has 2 atom stereocenters. The fourth-order valence-corrected chi connectivity index (χ4v) is 2.26. The van der Waals surface area contributed by atoms with Crippen LogP contribution in [0.25, 0.3) is 0 Å². The molecule has 1 N–H and O–H groups in total. The first kappa shape index (κ1) is 16.0. The predicted molar refractivity (Wildman–Crippen MR) is 83.7 cm³/mol. The minimum Gasteiger partial charge on any atom is -0.368 e. The van der Waals surface area contributed by atoms with Crippen LogP contribution >= 0.6 is 0 Å². The largest absolute Gasteiger partial charge is 0.368 e. The lowest BCUT2D eigenvalue weighted by Gasteiger charge is -2.29. The standard InChI is InChI=1S/C16H29N3/c1-6-11-17-14(5)16-10-9-15(12-18-16)19(8-3)13(4)7-2/h9-10,12-14,17H,6-8,11H2,1-5H3. The number of hydrogen-bond donors (Lipinski definition) is 1. The molecule has 0 saturated heterocycles. The highest BCUT2D eigenvalue weighted by Gasteiger charge is 2.12. The van der Waals surface area contributed by atoms with Gasteiger partial charge in [0.2, 0.25) is 0 Å². The normalized spacial score (nSPS) is 14.2. The van der Waals surface area contributed by atoms with Crippen molar-refractivity contribution in [2.75, 3.05) is 18.0 Å². The van der Waals surface area contributed by atoms with E-state index < -0.39 is 0 Å². The average Bonchev–Trinajstić information content (AvgIpc) is 2.46. The quantitative estimate of drug-likeness (QED) is 0.774. The van der Waals surface area contributed by atoms with Crippen LogP contribution in [0.1, 0.15) is 59.2 Å². The van der Waals surface area contributed by atoms with E-state index in [0.29, 0.717) is 12.1 Å². The lowest BCUT2D eigenvalue weighted by molar-refractivity contribution is 0.558. The summed E-state index contributed by atoms with van der Waals surface area (Å²) in [6, 6.07) is 5.23. The third kappa shape index (κ3) is 4.50. The number of pyridine rings is 1. The minimum atomic E-state index is 0.327. The van der Waals surface area contributed by atoms with E-state index in [1.54, 1.807) is 0 Å². The third-order valence-electron chi connectivity index (χ3n) is 3.71. The Kier molecular flexibility index (Phi) is 6.85. The second kappa shape index (κ2) is 8.16. The van der Waals surface area contributed by atoms with Gasteiger partial charge in [-0.1, -0.05) is 13.8 Å². The summed E-state index contributed by atoms with van der Waals surface area (Å²) in [7, 11) is 0. The zero-order chi connectivity index (χ0) is 14.3. The van der Waals surface area contributed by atoms with Crippen LogP contribution in [0.15, 0.2) is 18.3 Å². The Morgan fingerprint density at radius 2 is 1.95 bits per heavy atom. The highest BCUT2D eigenvalue weighted by atomic mass is 15.2. The highest BCUT2D eigenvalue weighted by Crippen LogP contribution is 2.19. The van der Waals surface area contributed by atoms with Gasteiger partial charge in [-0.3, -0.25) is 4.98 Å². The minimum absolute atomic E-state index is 0.327. The van der Waals surface area contributed by atoms with Gasteiger partial charge in [-0.15, -0.1) is 0 Å². The third-order valence-corrected chi connectivity index (χ3v) is 3.71. The topological polar surface area (TPSA) is 28.2 Å². The van der Waals surface area contributed by atoms with E-state index in [9.17, 15) is 0 Å². The molecule has 1 aromatic heterocycles. The van der Waals surface area contributed by atoms with Gasteiger partial charge in [-0.2, -0.15) is 0 Å². The Morgan fingerprint density at radius 3 is 2.42 bits per heavy atom. The number of nitrogens with zero attached hydrogens (tertiary/aromatic N) is 2. The zero-order valence-corrected chi connectivity index (χ0v) is 13.1. The second-order valence-corrected chi connectivity index (χ2v) is 5.16.